The van der Waals surface area contributed by atoms with E-state index >= 15 is 0 Å². The average molecular weight is 235 g/mol. The van der Waals surface area contributed by atoms with E-state index in [9.17, 15) is 9.59 Å². The van der Waals surface area contributed by atoms with E-state index in [1.165, 1.54) is 18.3 Å². The molecule has 4 N–H and O–H groups in total. The Kier molecular flexibility index (Phi) is 2.81. The van der Waals surface area contributed by atoms with E-state index in [0.29, 0.717) is 12.2 Å². The van der Waals surface area contributed by atoms with Crippen molar-refractivity contribution in [2.24, 2.45) is 11.1 Å². The Morgan fingerprint density at radius 2 is 2.18 bits per heavy atom. The Labute approximate surface area is 97.8 Å². The Morgan fingerprint density at radius 1 is 1.47 bits per heavy atom. The van der Waals surface area contributed by atoms with Gasteiger partial charge in [0.05, 0.1) is 17.3 Å². The second kappa shape index (κ2) is 4.14. The first-order valence-corrected chi connectivity index (χ1v) is 5.28. The van der Waals surface area contributed by atoms with Crippen LogP contribution >= 0.6 is 0 Å². The molecule has 1 fully saturated rings. The summed E-state index contributed by atoms with van der Waals surface area (Å²) >= 11 is 0. The number of amides is 1. The Hall–Kier alpha value is -1.95. The summed E-state index contributed by atoms with van der Waals surface area (Å²) in [6, 6.07) is 2.86. The van der Waals surface area contributed by atoms with Gasteiger partial charge in [0, 0.05) is 6.54 Å². The van der Waals surface area contributed by atoms with Crippen molar-refractivity contribution in [1.29, 1.82) is 0 Å². The Bertz CT molecular complexity index is 452. The van der Waals surface area contributed by atoms with Crippen LogP contribution < -0.4 is 11.1 Å². The average Bonchev–Trinajstić information content (AvgIpc) is 3.10. The molecule has 0 atom stereocenters. The molecule has 0 radical (unpaired) electrons. The van der Waals surface area contributed by atoms with Crippen molar-refractivity contribution in [1.82, 2.24) is 4.98 Å². The molecule has 0 saturated heterocycles. The lowest BCUT2D eigenvalue weighted by molar-refractivity contribution is -0.120. The minimum absolute atomic E-state index is 0.0528. The van der Waals surface area contributed by atoms with Gasteiger partial charge in [-0.05, 0) is 25.0 Å². The molecule has 17 heavy (non-hydrogen) atoms. The first-order valence-electron chi connectivity index (χ1n) is 5.28. The normalized spacial score (nSPS) is 16.3. The van der Waals surface area contributed by atoms with Crippen LogP contribution in [0.1, 0.15) is 23.3 Å². The number of rotatable bonds is 4. The molecule has 0 aliphatic heterocycles. The number of hydrogen-bond donors (Lipinski definition) is 3. The molecule has 1 heterocycles. The zero-order valence-corrected chi connectivity index (χ0v) is 9.14. The largest absolute Gasteiger partial charge is 0.477 e. The lowest BCUT2D eigenvalue weighted by atomic mass is 10.1. The smallest absolute Gasteiger partial charge is 0.354 e. The fourth-order valence-electron chi connectivity index (χ4n) is 1.53. The van der Waals surface area contributed by atoms with Gasteiger partial charge in [0.25, 0.3) is 0 Å². The van der Waals surface area contributed by atoms with Gasteiger partial charge in [0.1, 0.15) is 5.69 Å². The number of carbonyl (C=O) groups excluding carboxylic acids is 1. The number of hydrogen-bond acceptors (Lipinski definition) is 4. The Morgan fingerprint density at radius 3 is 2.59 bits per heavy atom. The van der Waals surface area contributed by atoms with E-state index in [1.807, 2.05) is 0 Å². The molecule has 1 aromatic rings. The minimum atomic E-state index is -1.09. The molecule has 2 rings (SSSR count). The Balaban J connectivity index is 2.04. The molecule has 1 aliphatic carbocycles. The number of nitrogens with zero attached hydrogens (tertiary/aromatic N) is 1. The van der Waals surface area contributed by atoms with Crippen LogP contribution in [0, 0.1) is 5.41 Å². The highest BCUT2D eigenvalue weighted by molar-refractivity contribution is 5.97. The zero-order valence-electron chi connectivity index (χ0n) is 9.14. The standard InChI is InChI=1S/C11H13N3O3/c12-6-11(3-4-11)10(17)14-7-1-2-8(9(15)16)13-5-7/h1-2,5H,3-4,6,12H2,(H,14,17)(H,15,16). The summed E-state index contributed by atoms with van der Waals surface area (Å²) in [5, 5.41) is 11.4. The van der Waals surface area contributed by atoms with E-state index in [-0.39, 0.29) is 11.6 Å². The summed E-state index contributed by atoms with van der Waals surface area (Å²) in [6.07, 6.45) is 2.93. The quantitative estimate of drug-likeness (QED) is 0.703. The molecule has 0 unspecified atom stereocenters. The van der Waals surface area contributed by atoms with Gasteiger partial charge in [-0.25, -0.2) is 9.78 Å². The van der Waals surface area contributed by atoms with Crippen molar-refractivity contribution in [2.45, 2.75) is 12.8 Å². The third-order valence-corrected chi connectivity index (χ3v) is 2.97. The highest BCUT2D eigenvalue weighted by Gasteiger charge is 2.48. The summed E-state index contributed by atoms with van der Waals surface area (Å²) < 4.78 is 0. The summed E-state index contributed by atoms with van der Waals surface area (Å²) in [6.45, 7) is 0.333. The molecule has 1 amide bonds. The van der Waals surface area contributed by atoms with Crippen molar-refractivity contribution in [3.63, 3.8) is 0 Å². The van der Waals surface area contributed by atoms with Crippen LogP contribution in [0.2, 0.25) is 0 Å². The van der Waals surface area contributed by atoms with Crippen LogP contribution in [-0.4, -0.2) is 28.5 Å². The number of carboxylic acids is 1. The maximum absolute atomic E-state index is 11.8. The summed E-state index contributed by atoms with van der Waals surface area (Å²) in [5.74, 6) is -1.21. The van der Waals surface area contributed by atoms with Crippen molar-refractivity contribution < 1.29 is 14.7 Å². The molecule has 6 nitrogen and oxygen atoms in total. The summed E-state index contributed by atoms with van der Waals surface area (Å²) in [4.78, 5) is 26.1. The topological polar surface area (TPSA) is 105 Å². The van der Waals surface area contributed by atoms with E-state index in [4.69, 9.17) is 10.8 Å². The van der Waals surface area contributed by atoms with E-state index < -0.39 is 11.4 Å². The van der Waals surface area contributed by atoms with Crippen molar-refractivity contribution >= 4 is 17.6 Å². The van der Waals surface area contributed by atoms with Crippen LogP contribution in [-0.2, 0) is 4.79 Å². The molecule has 1 aromatic heterocycles. The maximum atomic E-state index is 11.8. The zero-order chi connectivity index (χ0) is 12.5. The van der Waals surface area contributed by atoms with Gasteiger partial charge in [0.15, 0.2) is 0 Å². The number of carboxylic acid groups (broad SMARTS) is 1. The van der Waals surface area contributed by atoms with Gasteiger partial charge in [-0.15, -0.1) is 0 Å². The van der Waals surface area contributed by atoms with E-state index in [1.54, 1.807) is 0 Å². The monoisotopic (exact) mass is 235 g/mol. The molecule has 1 aliphatic rings. The molecule has 0 spiro atoms. The summed E-state index contributed by atoms with van der Waals surface area (Å²) in [7, 11) is 0. The number of nitrogens with one attached hydrogen (secondary N) is 1. The van der Waals surface area contributed by atoms with Crippen molar-refractivity contribution in [3.8, 4) is 0 Å². The lowest BCUT2D eigenvalue weighted by Crippen LogP contribution is -2.30. The SMILES string of the molecule is NCC1(C(=O)Nc2ccc(C(=O)O)nc2)CC1. The molecule has 0 bridgehead atoms. The van der Waals surface area contributed by atoms with Gasteiger partial charge in [-0.2, -0.15) is 0 Å². The second-order valence-electron chi connectivity index (χ2n) is 4.18. The number of nitrogens with two attached hydrogens (primary N) is 1. The van der Waals surface area contributed by atoms with Crippen LogP contribution in [0.5, 0.6) is 0 Å². The van der Waals surface area contributed by atoms with Gasteiger partial charge >= 0.3 is 5.97 Å². The third kappa shape index (κ3) is 2.26. The maximum Gasteiger partial charge on any atom is 0.354 e. The van der Waals surface area contributed by atoms with Crippen LogP contribution in [0.3, 0.4) is 0 Å². The first kappa shape index (κ1) is 11.5. The molecular weight excluding hydrogens is 222 g/mol. The van der Waals surface area contributed by atoms with Gasteiger partial charge in [0.2, 0.25) is 5.91 Å². The summed E-state index contributed by atoms with van der Waals surface area (Å²) in [5.41, 5.74) is 5.54. The first-order chi connectivity index (χ1) is 8.07. The minimum Gasteiger partial charge on any atom is -0.477 e. The van der Waals surface area contributed by atoms with E-state index in [2.05, 4.69) is 10.3 Å². The molecular formula is C11H13N3O3. The predicted molar refractivity (Wildman–Crippen MR) is 60.5 cm³/mol. The van der Waals surface area contributed by atoms with Crippen LogP contribution in [0.25, 0.3) is 0 Å². The van der Waals surface area contributed by atoms with Gasteiger partial charge in [-0.1, -0.05) is 0 Å². The molecule has 0 aromatic carbocycles. The molecule has 1 saturated carbocycles. The fraction of sp³-hybridized carbons (Fsp3) is 0.364. The highest BCUT2D eigenvalue weighted by Crippen LogP contribution is 2.45. The van der Waals surface area contributed by atoms with Gasteiger partial charge < -0.3 is 16.2 Å². The predicted octanol–water partition coefficient (Wildman–Crippen LogP) is 0.457. The van der Waals surface area contributed by atoms with Crippen molar-refractivity contribution in [3.05, 3.63) is 24.0 Å². The van der Waals surface area contributed by atoms with Crippen LogP contribution in [0.4, 0.5) is 5.69 Å². The molecule has 6 heteroatoms. The third-order valence-electron chi connectivity index (χ3n) is 2.97. The van der Waals surface area contributed by atoms with Gasteiger partial charge in [-0.3, -0.25) is 4.79 Å². The lowest BCUT2D eigenvalue weighted by Gasteiger charge is -2.12. The van der Waals surface area contributed by atoms with Crippen molar-refractivity contribution in [2.75, 3.05) is 11.9 Å². The number of aromatic carboxylic acids is 1. The fourth-order valence-corrected chi connectivity index (χ4v) is 1.53. The number of aromatic nitrogens is 1. The second-order valence-corrected chi connectivity index (χ2v) is 4.18. The highest BCUT2D eigenvalue weighted by atomic mass is 16.4. The number of anilines is 1. The van der Waals surface area contributed by atoms with Crippen LogP contribution in [0.15, 0.2) is 18.3 Å². The number of pyridine rings is 1. The molecule has 90 valence electrons. The number of carbonyl (C=O) groups is 2. The van der Waals surface area contributed by atoms with E-state index in [0.717, 1.165) is 12.8 Å².